The zero-order valence-corrected chi connectivity index (χ0v) is 15.6. The summed E-state index contributed by atoms with van der Waals surface area (Å²) in [7, 11) is 0. The zero-order chi connectivity index (χ0) is 18.4. The number of rotatable bonds is 3. The minimum atomic E-state index is 0.162. The van der Waals surface area contributed by atoms with E-state index in [9.17, 15) is 0 Å². The van der Waals surface area contributed by atoms with Crippen LogP contribution in [0.1, 0.15) is 21.9 Å². The van der Waals surface area contributed by atoms with Crippen molar-refractivity contribution < 1.29 is 0 Å². The summed E-state index contributed by atoms with van der Waals surface area (Å²) < 4.78 is 1.60. The average molecular weight is 370 g/mol. The van der Waals surface area contributed by atoms with E-state index in [2.05, 4.69) is 77.8 Å². The van der Waals surface area contributed by atoms with Crippen molar-refractivity contribution in [1.29, 1.82) is 0 Å². The number of thioether (sulfide) groups is 1. The van der Waals surface area contributed by atoms with Gasteiger partial charge in [0.05, 0.1) is 5.25 Å². The van der Waals surface area contributed by atoms with Crippen LogP contribution in [0.2, 0.25) is 0 Å². The van der Waals surface area contributed by atoms with E-state index in [-0.39, 0.29) is 5.25 Å². The maximum absolute atomic E-state index is 6.36. The summed E-state index contributed by atoms with van der Waals surface area (Å²) in [5.41, 5.74) is 7.33. The van der Waals surface area contributed by atoms with Gasteiger partial charge in [0.2, 0.25) is 5.16 Å². The summed E-state index contributed by atoms with van der Waals surface area (Å²) >= 11 is 1.65. The number of aryl methyl sites for hydroxylation is 1. The van der Waals surface area contributed by atoms with Crippen LogP contribution in [0.3, 0.4) is 0 Å². The highest BCUT2D eigenvalue weighted by atomic mass is 32.2. The molecule has 1 aliphatic rings. The third-order valence-corrected chi connectivity index (χ3v) is 6.21. The van der Waals surface area contributed by atoms with Crippen LogP contribution >= 0.6 is 11.8 Å². The lowest BCUT2D eigenvalue weighted by atomic mass is 10.1. The smallest absolute Gasteiger partial charge is 0.211 e. The zero-order valence-electron chi connectivity index (χ0n) is 14.8. The maximum atomic E-state index is 6.36. The Morgan fingerprint density at radius 2 is 1.41 bits per heavy atom. The van der Waals surface area contributed by atoms with Gasteiger partial charge in [-0.05, 0) is 29.2 Å². The van der Waals surface area contributed by atoms with Crippen molar-refractivity contribution in [2.24, 2.45) is 0 Å². The fraction of sp³-hybridized carbons (Fsp3) is 0.0909. The molecule has 0 radical (unpaired) electrons. The van der Waals surface area contributed by atoms with E-state index in [0.29, 0.717) is 11.0 Å². The van der Waals surface area contributed by atoms with Gasteiger partial charge in [0.25, 0.3) is 0 Å². The van der Waals surface area contributed by atoms with E-state index in [1.807, 2.05) is 12.1 Å². The summed E-state index contributed by atoms with van der Waals surface area (Å²) in [6, 6.07) is 25.2. The van der Waals surface area contributed by atoms with Crippen molar-refractivity contribution in [3.63, 3.8) is 0 Å². The SMILES string of the molecule is Cc1ccc(-c2nnc(SC3c4ccccc4-c4ccccc43)n2N)cc1. The van der Waals surface area contributed by atoms with Gasteiger partial charge < -0.3 is 5.84 Å². The second kappa shape index (κ2) is 6.28. The van der Waals surface area contributed by atoms with E-state index >= 15 is 0 Å². The number of nitrogens with two attached hydrogens (primary N) is 1. The van der Waals surface area contributed by atoms with Gasteiger partial charge >= 0.3 is 0 Å². The van der Waals surface area contributed by atoms with Crippen molar-refractivity contribution in [1.82, 2.24) is 14.9 Å². The van der Waals surface area contributed by atoms with Gasteiger partial charge in [-0.3, -0.25) is 0 Å². The molecule has 0 unspecified atom stereocenters. The Balaban J connectivity index is 1.54. The number of hydrogen-bond acceptors (Lipinski definition) is 4. The van der Waals surface area contributed by atoms with Crippen LogP contribution in [0, 0.1) is 6.92 Å². The first-order valence-corrected chi connectivity index (χ1v) is 9.73. The van der Waals surface area contributed by atoms with Gasteiger partial charge in [-0.1, -0.05) is 90.1 Å². The molecular formula is C22H18N4S. The molecule has 3 aromatic carbocycles. The minimum absolute atomic E-state index is 0.162. The Kier molecular flexibility index (Phi) is 3.76. The van der Waals surface area contributed by atoms with Crippen LogP contribution in [0.25, 0.3) is 22.5 Å². The van der Waals surface area contributed by atoms with Crippen LogP contribution in [0.15, 0.2) is 78.0 Å². The first-order chi connectivity index (χ1) is 13.2. The van der Waals surface area contributed by atoms with Crippen molar-refractivity contribution in [2.45, 2.75) is 17.3 Å². The van der Waals surface area contributed by atoms with Crippen molar-refractivity contribution >= 4 is 11.8 Å². The molecule has 132 valence electrons. The normalized spacial score (nSPS) is 12.8. The Hall–Kier alpha value is -3.05. The molecule has 1 aromatic heterocycles. The van der Waals surface area contributed by atoms with Crippen LogP contribution < -0.4 is 5.84 Å². The third-order valence-electron chi connectivity index (χ3n) is 4.97. The van der Waals surface area contributed by atoms with Gasteiger partial charge in [-0.25, -0.2) is 4.68 Å². The summed E-state index contributed by atoms with van der Waals surface area (Å²) in [4.78, 5) is 0. The fourth-order valence-electron chi connectivity index (χ4n) is 3.60. The maximum Gasteiger partial charge on any atom is 0.211 e. The highest BCUT2D eigenvalue weighted by molar-refractivity contribution is 7.99. The standard InChI is InChI=1S/C22H18N4S/c1-14-10-12-15(13-11-14)21-24-25-22(26(21)23)27-20-18-8-4-2-6-16(18)17-7-3-5-9-19(17)20/h2-13,20H,23H2,1H3. The molecule has 0 saturated carbocycles. The lowest BCUT2D eigenvalue weighted by Crippen LogP contribution is -2.12. The number of benzene rings is 3. The number of nitrogens with zero attached hydrogens (tertiary/aromatic N) is 3. The van der Waals surface area contributed by atoms with E-state index in [0.717, 1.165) is 5.56 Å². The lowest BCUT2D eigenvalue weighted by Gasteiger charge is -2.12. The second-order valence-electron chi connectivity index (χ2n) is 6.71. The molecule has 1 aliphatic carbocycles. The number of hydrogen-bond donors (Lipinski definition) is 1. The van der Waals surface area contributed by atoms with Gasteiger partial charge in [0.15, 0.2) is 5.82 Å². The van der Waals surface area contributed by atoms with Crippen molar-refractivity contribution in [3.05, 3.63) is 89.5 Å². The number of fused-ring (bicyclic) bond motifs is 3. The van der Waals surface area contributed by atoms with Gasteiger partial charge in [-0.15, -0.1) is 10.2 Å². The third kappa shape index (κ3) is 2.62. The largest absolute Gasteiger partial charge is 0.335 e. The lowest BCUT2D eigenvalue weighted by molar-refractivity contribution is 0.846. The minimum Gasteiger partial charge on any atom is -0.335 e. The Labute approximate surface area is 162 Å². The topological polar surface area (TPSA) is 56.7 Å². The fourth-order valence-corrected chi connectivity index (χ4v) is 4.76. The molecule has 5 rings (SSSR count). The Morgan fingerprint density at radius 3 is 2.04 bits per heavy atom. The monoisotopic (exact) mass is 370 g/mol. The second-order valence-corrected chi connectivity index (χ2v) is 7.79. The van der Waals surface area contributed by atoms with Gasteiger partial charge in [-0.2, -0.15) is 0 Å². The van der Waals surface area contributed by atoms with E-state index < -0.39 is 0 Å². The molecule has 4 aromatic rings. The number of nitrogen functional groups attached to an aromatic ring is 1. The molecule has 0 spiro atoms. The predicted molar refractivity (Wildman–Crippen MR) is 110 cm³/mol. The van der Waals surface area contributed by atoms with E-state index in [1.165, 1.54) is 27.8 Å². The number of aromatic nitrogens is 3. The van der Waals surface area contributed by atoms with Crippen LogP contribution in [0.5, 0.6) is 0 Å². The molecule has 0 amide bonds. The molecule has 1 heterocycles. The molecule has 0 saturated heterocycles. The summed E-state index contributed by atoms with van der Waals surface area (Å²) in [6.07, 6.45) is 0. The van der Waals surface area contributed by atoms with E-state index in [4.69, 9.17) is 5.84 Å². The molecule has 2 N–H and O–H groups in total. The molecule has 0 fully saturated rings. The Morgan fingerprint density at radius 1 is 0.815 bits per heavy atom. The molecule has 0 aliphatic heterocycles. The summed E-state index contributed by atoms with van der Waals surface area (Å²) in [6.45, 7) is 2.06. The highest BCUT2D eigenvalue weighted by Gasteiger charge is 2.30. The molecule has 4 nitrogen and oxygen atoms in total. The van der Waals surface area contributed by atoms with E-state index in [1.54, 1.807) is 16.4 Å². The average Bonchev–Trinajstić information content (AvgIpc) is 3.22. The quantitative estimate of drug-likeness (QED) is 0.525. The highest BCUT2D eigenvalue weighted by Crippen LogP contribution is 2.51. The first-order valence-electron chi connectivity index (χ1n) is 8.85. The summed E-state index contributed by atoms with van der Waals surface area (Å²) in [5.74, 6) is 7.04. The first kappa shape index (κ1) is 16.1. The van der Waals surface area contributed by atoms with Crippen LogP contribution in [-0.4, -0.2) is 14.9 Å². The predicted octanol–water partition coefficient (Wildman–Crippen LogP) is 4.83. The summed E-state index contributed by atoms with van der Waals surface area (Å²) in [5, 5.41) is 9.58. The molecular weight excluding hydrogens is 352 g/mol. The molecule has 0 bridgehead atoms. The van der Waals surface area contributed by atoms with Gasteiger partial charge in [0.1, 0.15) is 0 Å². The van der Waals surface area contributed by atoms with Crippen LogP contribution in [0.4, 0.5) is 0 Å². The van der Waals surface area contributed by atoms with Crippen molar-refractivity contribution in [3.8, 4) is 22.5 Å². The molecule has 0 atom stereocenters. The Bertz CT molecular complexity index is 1090. The molecule has 5 heteroatoms. The molecule has 27 heavy (non-hydrogen) atoms. The van der Waals surface area contributed by atoms with Crippen molar-refractivity contribution in [2.75, 3.05) is 5.84 Å². The van der Waals surface area contributed by atoms with Gasteiger partial charge in [0, 0.05) is 5.56 Å². The van der Waals surface area contributed by atoms with Crippen LogP contribution in [-0.2, 0) is 0 Å².